The quantitative estimate of drug-likeness (QED) is 0.613. The van der Waals surface area contributed by atoms with Crippen molar-refractivity contribution in [3.63, 3.8) is 0 Å². The maximum atomic E-state index is 13.8. The minimum atomic E-state index is -3.93. The van der Waals surface area contributed by atoms with Gasteiger partial charge in [-0.3, -0.25) is 0 Å². The first-order chi connectivity index (χ1) is 8.96. The van der Waals surface area contributed by atoms with Gasteiger partial charge in [0.05, 0.1) is 14.2 Å². The molecule has 0 bridgehead atoms. The van der Waals surface area contributed by atoms with Crippen molar-refractivity contribution in [1.82, 2.24) is 4.72 Å². The molecule has 1 aromatic carbocycles. The van der Waals surface area contributed by atoms with Gasteiger partial charge in [-0.2, -0.15) is 0 Å². The summed E-state index contributed by atoms with van der Waals surface area (Å²) >= 11 is 0. The van der Waals surface area contributed by atoms with E-state index in [-0.39, 0.29) is 18.0 Å². The number of hydrogen-bond acceptors (Lipinski definition) is 4. The van der Waals surface area contributed by atoms with E-state index in [0.29, 0.717) is 6.42 Å². The molecule has 1 rings (SSSR count). The van der Waals surface area contributed by atoms with Gasteiger partial charge in [0.1, 0.15) is 10.7 Å². The van der Waals surface area contributed by atoms with Gasteiger partial charge in [-0.15, -0.1) is 6.58 Å². The predicted molar refractivity (Wildman–Crippen MR) is 69.5 cm³/mol. The van der Waals surface area contributed by atoms with Gasteiger partial charge in [-0.1, -0.05) is 6.08 Å². The van der Waals surface area contributed by atoms with Gasteiger partial charge in [0, 0.05) is 18.7 Å². The van der Waals surface area contributed by atoms with E-state index in [9.17, 15) is 12.8 Å². The van der Waals surface area contributed by atoms with Crippen molar-refractivity contribution in [2.24, 2.45) is 0 Å². The molecule has 19 heavy (non-hydrogen) atoms. The van der Waals surface area contributed by atoms with Gasteiger partial charge < -0.3 is 9.47 Å². The van der Waals surface area contributed by atoms with Crippen LogP contribution in [0.2, 0.25) is 0 Å². The van der Waals surface area contributed by atoms with Crippen LogP contribution in [-0.2, 0) is 10.0 Å². The first kappa shape index (κ1) is 15.5. The molecule has 0 aliphatic heterocycles. The molecule has 0 aliphatic rings. The molecule has 0 unspecified atom stereocenters. The summed E-state index contributed by atoms with van der Waals surface area (Å²) < 4.78 is 49.7. The van der Waals surface area contributed by atoms with Crippen LogP contribution in [0.4, 0.5) is 4.39 Å². The summed E-state index contributed by atoms with van der Waals surface area (Å²) in [7, 11) is -1.24. The van der Waals surface area contributed by atoms with Crippen LogP contribution in [0.3, 0.4) is 0 Å². The highest BCUT2D eigenvalue weighted by Gasteiger charge is 2.22. The first-order valence-electron chi connectivity index (χ1n) is 5.48. The zero-order valence-corrected chi connectivity index (χ0v) is 11.6. The van der Waals surface area contributed by atoms with Crippen molar-refractivity contribution in [1.29, 1.82) is 0 Å². The fourth-order valence-corrected chi connectivity index (χ4v) is 2.53. The third-order valence-corrected chi connectivity index (χ3v) is 3.84. The predicted octanol–water partition coefficient (Wildman–Crippen LogP) is 1.70. The molecule has 0 spiro atoms. The number of halogens is 1. The molecular weight excluding hydrogens is 273 g/mol. The zero-order chi connectivity index (χ0) is 14.5. The van der Waals surface area contributed by atoms with Crippen LogP contribution in [-0.4, -0.2) is 29.2 Å². The summed E-state index contributed by atoms with van der Waals surface area (Å²) in [6.07, 6.45) is 2.02. The lowest BCUT2D eigenvalue weighted by Gasteiger charge is -2.11. The average molecular weight is 289 g/mol. The second-order valence-electron chi connectivity index (χ2n) is 3.61. The molecule has 0 radical (unpaired) electrons. The Morgan fingerprint density at radius 1 is 1.32 bits per heavy atom. The number of sulfonamides is 1. The zero-order valence-electron chi connectivity index (χ0n) is 10.8. The highest BCUT2D eigenvalue weighted by Crippen LogP contribution is 2.31. The van der Waals surface area contributed by atoms with E-state index >= 15 is 0 Å². The Bertz CT molecular complexity index is 557. The lowest BCUT2D eigenvalue weighted by Crippen LogP contribution is -2.25. The SMILES string of the molecule is C=CCCNS(=O)(=O)c1cc(OC)c(OC)cc1F. The molecule has 0 aromatic heterocycles. The molecule has 106 valence electrons. The summed E-state index contributed by atoms with van der Waals surface area (Å²) in [5, 5.41) is 0. The lowest BCUT2D eigenvalue weighted by molar-refractivity contribution is 0.350. The fraction of sp³-hybridized carbons (Fsp3) is 0.333. The van der Waals surface area contributed by atoms with E-state index in [2.05, 4.69) is 11.3 Å². The van der Waals surface area contributed by atoms with Crippen molar-refractivity contribution >= 4 is 10.0 Å². The minimum Gasteiger partial charge on any atom is -0.493 e. The summed E-state index contributed by atoms with van der Waals surface area (Å²) in [6.45, 7) is 3.63. The molecule has 0 fully saturated rings. The Labute approximate surface area is 112 Å². The Morgan fingerprint density at radius 2 is 1.89 bits per heavy atom. The van der Waals surface area contributed by atoms with E-state index < -0.39 is 20.7 Å². The number of ether oxygens (including phenoxy) is 2. The normalized spacial score (nSPS) is 11.1. The third-order valence-electron chi connectivity index (χ3n) is 2.37. The molecule has 7 heteroatoms. The first-order valence-corrected chi connectivity index (χ1v) is 6.96. The van der Waals surface area contributed by atoms with E-state index in [1.165, 1.54) is 14.2 Å². The van der Waals surface area contributed by atoms with E-state index in [1.807, 2.05) is 0 Å². The van der Waals surface area contributed by atoms with Crippen LogP contribution in [0, 0.1) is 5.82 Å². The van der Waals surface area contributed by atoms with Gasteiger partial charge in [0.25, 0.3) is 0 Å². The monoisotopic (exact) mass is 289 g/mol. The van der Waals surface area contributed by atoms with E-state index in [1.54, 1.807) is 6.08 Å². The largest absolute Gasteiger partial charge is 0.493 e. The molecule has 0 saturated heterocycles. The van der Waals surface area contributed by atoms with Crippen LogP contribution in [0.15, 0.2) is 29.7 Å². The van der Waals surface area contributed by atoms with Crippen molar-refractivity contribution in [2.75, 3.05) is 20.8 Å². The Hall–Kier alpha value is -1.60. The third kappa shape index (κ3) is 3.68. The Morgan fingerprint density at radius 3 is 2.42 bits per heavy atom. The van der Waals surface area contributed by atoms with Gasteiger partial charge in [0.15, 0.2) is 11.5 Å². The standard InChI is InChI=1S/C12H16FNO4S/c1-4-5-6-14-19(15,16)12-8-11(18-3)10(17-2)7-9(12)13/h4,7-8,14H,1,5-6H2,2-3H3. The number of benzene rings is 1. The summed E-state index contributed by atoms with van der Waals surface area (Å²) in [6, 6.07) is 2.06. The molecule has 0 atom stereocenters. The Balaban J connectivity index is 3.15. The summed E-state index contributed by atoms with van der Waals surface area (Å²) in [4.78, 5) is -0.478. The van der Waals surface area contributed by atoms with Crippen LogP contribution < -0.4 is 14.2 Å². The molecule has 1 N–H and O–H groups in total. The molecular formula is C12H16FNO4S. The van der Waals surface area contributed by atoms with Crippen molar-refractivity contribution in [2.45, 2.75) is 11.3 Å². The van der Waals surface area contributed by atoms with Gasteiger partial charge in [-0.05, 0) is 6.42 Å². The van der Waals surface area contributed by atoms with Crippen molar-refractivity contribution < 1.29 is 22.3 Å². The molecule has 0 amide bonds. The van der Waals surface area contributed by atoms with Crippen molar-refractivity contribution in [3.8, 4) is 11.5 Å². The molecule has 1 aromatic rings. The van der Waals surface area contributed by atoms with Gasteiger partial charge >= 0.3 is 0 Å². The van der Waals surface area contributed by atoms with Crippen LogP contribution in [0.1, 0.15) is 6.42 Å². The van der Waals surface area contributed by atoms with E-state index in [0.717, 1.165) is 12.1 Å². The second-order valence-corrected chi connectivity index (χ2v) is 5.35. The molecule has 0 aliphatic carbocycles. The topological polar surface area (TPSA) is 64.6 Å². The van der Waals surface area contributed by atoms with Crippen LogP contribution >= 0.6 is 0 Å². The molecule has 0 saturated carbocycles. The van der Waals surface area contributed by atoms with Crippen LogP contribution in [0.5, 0.6) is 11.5 Å². The maximum Gasteiger partial charge on any atom is 0.243 e. The second kappa shape index (κ2) is 6.53. The molecule has 0 heterocycles. The van der Waals surface area contributed by atoms with Gasteiger partial charge in [-0.25, -0.2) is 17.5 Å². The minimum absolute atomic E-state index is 0.130. The smallest absolute Gasteiger partial charge is 0.243 e. The van der Waals surface area contributed by atoms with E-state index in [4.69, 9.17) is 9.47 Å². The molecule has 5 nitrogen and oxygen atoms in total. The summed E-state index contributed by atoms with van der Waals surface area (Å²) in [5.41, 5.74) is 0. The Kier molecular flexibility index (Phi) is 5.31. The lowest BCUT2D eigenvalue weighted by atomic mass is 10.3. The summed E-state index contributed by atoms with van der Waals surface area (Å²) in [5.74, 6) is -0.623. The fourth-order valence-electron chi connectivity index (χ4n) is 1.41. The highest BCUT2D eigenvalue weighted by atomic mass is 32.2. The van der Waals surface area contributed by atoms with Crippen molar-refractivity contribution in [3.05, 3.63) is 30.6 Å². The number of hydrogen-bond donors (Lipinski definition) is 1. The average Bonchev–Trinajstić information content (AvgIpc) is 2.38. The van der Waals surface area contributed by atoms with Gasteiger partial charge in [0.2, 0.25) is 10.0 Å². The highest BCUT2D eigenvalue weighted by molar-refractivity contribution is 7.89. The number of rotatable bonds is 7. The number of nitrogens with one attached hydrogen (secondary N) is 1. The van der Waals surface area contributed by atoms with Crippen LogP contribution in [0.25, 0.3) is 0 Å². The number of methoxy groups -OCH3 is 2. The maximum absolute atomic E-state index is 13.8.